The van der Waals surface area contributed by atoms with E-state index in [1.165, 1.54) is 12.8 Å². The number of Topliss-reactive ketones (excluding diaryl/α,β-unsaturated/α-hetero) is 1. The number of rotatable bonds is 8. The summed E-state index contributed by atoms with van der Waals surface area (Å²) >= 11 is 0. The smallest absolute Gasteiger partial charge is 0.313 e. The van der Waals surface area contributed by atoms with Crippen LogP contribution in [0, 0.1) is 0 Å². The molecule has 0 saturated heterocycles. The normalized spacial score (nSPS) is 20.6. The van der Waals surface area contributed by atoms with Gasteiger partial charge in [0.25, 0.3) is 0 Å². The molecule has 0 unspecified atom stereocenters. The fourth-order valence-electron chi connectivity index (χ4n) is 3.37. The van der Waals surface area contributed by atoms with Crippen molar-refractivity contribution in [2.45, 2.75) is 96.1 Å². The second-order valence-corrected chi connectivity index (χ2v) is 6.57. The molecule has 0 aromatic rings. The Bertz CT molecular complexity index is 350. The van der Waals surface area contributed by atoms with Gasteiger partial charge in [-0.3, -0.25) is 9.59 Å². The fraction of sp³-hybridized carbons (Fsp3) is 0.889. The van der Waals surface area contributed by atoms with Crippen molar-refractivity contribution in [3.8, 4) is 0 Å². The standard InChI is InChI=1S/C18H30O5/c1-2-21-17(20)13-16(19)18(22-14-9-5-3-6-10-14)23-15-11-7-4-8-12-15/h14-15,18H,2-13H2,1H3. The predicted octanol–water partition coefficient (Wildman–Crippen LogP) is 3.53. The molecule has 0 heterocycles. The first-order valence-electron chi connectivity index (χ1n) is 9.18. The zero-order valence-electron chi connectivity index (χ0n) is 14.3. The number of ketones is 1. The third-order valence-corrected chi connectivity index (χ3v) is 4.62. The lowest BCUT2D eigenvalue weighted by molar-refractivity contribution is -0.206. The van der Waals surface area contributed by atoms with E-state index < -0.39 is 12.3 Å². The van der Waals surface area contributed by atoms with E-state index in [0.29, 0.717) is 0 Å². The minimum absolute atomic E-state index is 0.0727. The van der Waals surface area contributed by atoms with Crippen LogP contribution in [0.1, 0.15) is 77.6 Å². The van der Waals surface area contributed by atoms with Gasteiger partial charge in [0.1, 0.15) is 6.42 Å². The van der Waals surface area contributed by atoms with Gasteiger partial charge in [-0.25, -0.2) is 0 Å². The number of ether oxygens (including phenoxy) is 3. The van der Waals surface area contributed by atoms with Gasteiger partial charge in [0.05, 0.1) is 18.8 Å². The van der Waals surface area contributed by atoms with Gasteiger partial charge in [-0.1, -0.05) is 38.5 Å². The molecule has 0 aromatic carbocycles. The van der Waals surface area contributed by atoms with Crippen LogP contribution in [-0.2, 0) is 23.8 Å². The highest BCUT2D eigenvalue weighted by Gasteiger charge is 2.30. The molecule has 2 fully saturated rings. The van der Waals surface area contributed by atoms with Crippen LogP contribution in [0.25, 0.3) is 0 Å². The Kier molecular flexibility index (Phi) is 8.03. The third-order valence-electron chi connectivity index (χ3n) is 4.62. The first-order valence-corrected chi connectivity index (χ1v) is 9.18. The minimum atomic E-state index is -0.911. The zero-order valence-corrected chi connectivity index (χ0v) is 14.3. The van der Waals surface area contributed by atoms with Crippen LogP contribution in [0.5, 0.6) is 0 Å². The molecule has 0 amide bonds. The van der Waals surface area contributed by atoms with Gasteiger partial charge >= 0.3 is 5.97 Å². The van der Waals surface area contributed by atoms with Crippen molar-refractivity contribution >= 4 is 11.8 Å². The summed E-state index contributed by atoms with van der Waals surface area (Å²) in [5.74, 6) is -0.804. The molecule has 2 aliphatic carbocycles. The Hall–Kier alpha value is -0.940. The van der Waals surface area contributed by atoms with Gasteiger partial charge in [0.2, 0.25) is 6.29 Å². The molecule has 2 saturated carbocycles. The first-order chi connectivity index (χ1) is 11.2. The summed E-state index contributed by atoms with van der Waals surface area (Å²) in [6, 6.07) is 0. The molecule has 0 aliphatic heterocycles. The second kappa shape index (κ2) is 10.0. The van der Waals surface area contributed by atoms with E-state index in [1.807, 2.05) is 0 Å². The van der Waals surface area contributed by atoms with Gasteiger partial charge in [0.15, 0.2) is 5.78 Å². The van der Waals surface area contributed by atoms with E-state index in [-0.39, 0.29) is 31.0 Å². The summed E-state index contributed by atoms with van der Waals surface area (Å²) in [6.45, 7) is 2.01. The maximum Gasteiger partial charge on any atom is 0.313 e. The van der Waals surface area contributed by atoms with Crippen molar-refractivity contribution in [2.24, 2.45) is 0 Å². The maximum absolute atomic E-state index is 12.4. The van der Waals surface area contributed by atoms with Crippen molar-refractivity contribution in [2.75, 3.05) is 6.61 Å². The molecular weight excluding hydrogens is 296 g/mol. The quantitative estimate of drug-likeness (QED) is 0.388. The Morgan fingerprint density at radius 3 is 1.78 bits per heavy atom. The van der Waals surface area contributed by atoms with Crippen LogP contribution in [0.4, 0.5) is 0 Å². The average Bonchev–Trinajstić information content (AvgIpc) is 2.56. The average molecular weight is 326 g/mol. The van der Waals surface area contributed by atoms with Gasteiger partial charge < -0.3 is 14.2 Å². The summed E-state index contributed by atoms with van der Waals surface area (Å²) in [7, 11) is 0. The van der Waals surface area contributed by atoms with Crippen LogP contribution < -0.4 is 0 Å². The number of carbonyl (C=O) groups is 2. The molecule has 132 valence electrons. The van der Waals surface area contributed by atoms with Crippen molar-refractivity contribution in [3.63, 3.8) is 0 Å². The summed E-state index contributed by atoms with van der Waals surface area (Å²) in [5.41, 5.74) is 0. The van der Waals surface area contributed by atoms with E-state index >= 15 is 0 Å². The van der Waals surface area contributed by atoms with Crippen LogP contribution in [0.15, 0.2) is 0 Å². The number of esters is 1. The van der Waals surface area contributed by atoms with E-state index in [4.69, 9.17) is 14.2 Å². The number of hydrogen-bond acceptors (Lipinski definition) is 5. The molecule has 2 aliphatic rings. The SMILES string of the molecule is CCOC(=O)CC(=O)C(OC1CCCCC1)OC1CCCCC1. The monoisotopic (exact) mass is 326 g/mol. The van der Waals surface area contributed by atoms with Gasteiger partial charge in [0, 0.05) is 0 Å². The maximum atomic E-state index is 12.4. The van der Waals surface area contributed by atoms with E-state index in [1.54, 1.807) is 6.92 Å². The van der Waals surface area contributed by atoms with Crippen LogP contribution in [0.3, 0.4) is 0 Å². The molecule has 5 heteroatoms. The second-order valence-electron chi connectivity index (χ2n) is 6.57. The summed E-state index contributed by atoms with van der Waals surface area (Å²) in [5, 5.41) is 0. The Morgan fingerprint density at radius 1 is 0.870 bits per heavy atom. The molecule has 23 heavy (non-hydrogen) atoms. The largest absolute Gasteiger partial charge is 0.466 e. The Balaban J connectivity index is 1.91. The molecule has 0 aromatic heterocycles. The lowest BCUT2D eigenvalue weighted by atomic mass is 9.97. The van der Waals surface area contributed by atoms with Gasteiger partial charge in [-0.05, 0) is 32.6 Å². The molecule has 0 spiro atoms. The van der Waals surface area contributed by atoms with E-state index in [2.05, 4.69) is 0 Å². The zero-order chi connectivity index (χ0) is 16.5. The lowest BCUT2D eigenvalue weighted by Crippen LogP contribution is -2.37. The van der Waals surface area contributed by atoms with Crippen LogP contribution >= 0.6 is 0 Å². The van der Waals surface area contributed by atoms with Gasteiger partial charge in [-0.15, -0.1) is 0 Å². The molecule has 0 N–H and O–H groups in total. The van der Waals surface area contributed by atoms with Crippen molar-refractivity contribution < 1.29 is 23.8 Å². The lowest BCUT2D eigenvalue weighted by Gasteiger charge is -2.30. The fourth-order valence-corrected chi connectivity index (χ4v) is 3.37. The highest BCUT2D eigenvalue weighted by atomic mass is 16.7. The van der Waals surface area contributed by atoms with Crippen molar-refractivity contribution in [1.82, 2.24) is 0 Å². The highest BCUT2D eigenvalue weighted by Crippen LogP contribution is 2.26. The highest BCUT2D eigenvalue weighted by molar-refractivity contribution is 5.97. The molecular formula is C18H30O5. The predicted molar refractivity (Wildman–Crippen MR) is 86.0 cm³/mol. The molecule has 0 bridgehead atoms. The number of hydrogen-bond donors (Lipinski definition) is 0. The summed E-state index contributed by atoms with van der Waals surface area (Å²) in [6.07, 6.45) is 9.83. The van der Waals surface area contributed by atoms with E-state index in [0.717, 1.165) is 51.4 Å². The summed E-state index contributed by atoms with van der Waals surface area (Å²) in [4.78, 5) is 24.0. The molecule has 2 rings (SSSR count). The Labute approximate surface area is 139 Å². The third kappa shape index (κ3) is 6.60. The van der Waals surface area contributed by atoms with E-state index in [9.17, 15) is 9.59 Å². The topological polar surface area (TPSA) is 61.8 Å². The Morgan fingerprint density at radius 2 is 1.35 bits per heavy atom. The number of carbonyl (C=O) groups excluding carboxylic acids is 2. The molecule has 5 nitrogen and oxygen atoms in total. The van der Waals surface area contributed by atoms with Crippen molar-refractivity contribution in [3.05, 3.63) is 0 Å². The molecule has 0 radical (unpaired) electrons. The molecule has 0 atom stereocenters. The summed E-state index contributed by atoms with van der Waals surface area (Å²) < 4.78 is 16.8. The van der Waals surface area contributed by atoms with Crippen LogP contribution in [0.2, 0.25) is 0 Å². The van der Waals surface area contributed by atoms with Crippen molar-refractivity contribution in [1.29, 1.82) is 0 Å². The van der Waals surface area contributed by atoms with Gasteiger partial charge in [-0.2, -0.15) is 0 Å². The first kappa shape index (κ1) is 18.4. The van der Waals surface area contributed by atoms with Crippen LogP contribution in [-0.4, -0.2) is 36.9 Å². The minimum Gasteiger partial charge on any atom is -0.466 e.